The van der Waals surface area contributed by atoms with Gasteiger partial charge in [0, 0.05) is 11.2 Å². The Kier molecular flexibility index (Phi) is 7.14. The Morgan fingerprint density at radius 3 is 2.62 bits per heavy atom. The fraction of sp³-hybridized carbons (Fsp3) is 0.273. The van der Waals surface area contributed by atoms with Gasteiger partial charge >= 0.3 is 0 Å². The van der Waals surface area contributed by atoms with Crippen LogP contribution >= 0.6 is 11.6 Å². The number of hydrogen-bond donors (Lipinski definition) is 1. The molecule has 0 atom stereocenters. The molecule has 0 unspecified atom stereocenters. The molecule has 1 aromatic heterocycles. The van der Waals surface area contributed by atoms with Crippen LogP contribution in [-0.4, -0.2) is 28.9 Å². The molecule has 1 heterocycles. The maximum absolute atomic E-state index is 12.4. The van der Waals surface area contributed by atoms with Crippen molar-refractivity contribution in [2.75, 3.05) is 18.5 Å². The molecule has 0 radical (unpaired) electrons. The third kappa shape index (κ3) is 5.74. The summed E-state index contributed by atoms with van der Waals surface area (Å²) < 4.78 is 12.9. The highest BCUT2D eigenvalue weighted by Crippen LogP contribution is 2.28. The van der Waals surface area contributed by atoms with Gasteiger partial charge in [0.15, 0.2) is 11.5 Å². The van der Waals surface area contributed by atoms with Gasteiger partial charge in [-0.05, 0) is 43.2 Å². The summed E-state index contributed by atoms with van der Waals surface area (Å²) in [5, 5.41) is 7.85. The summed E-state index contributed by atoms with van der Waals surface area (Å²) in [6, 6.07) is 13.2. The van der Waals surface area contributed by atoms with Crippen LogP contribution in [-0.2, 0) is 17.8 Å². The lowest BCUT2D eigenvalue weighted by molar-refractivity contribution is -0.115. The van der Waals surface area contributed by atoms with Crippen LogP contribution in [0.3, 0.4) is 0 Å². The van der Waals surface area contributed by atoms with E-state index >= 15 is 0 Å². The normalized spacial score (nSPS) is 10.6. The number of carbonyl (C=O) groups excluding carboxylic acids is 1. The van der Waals surface area contributed by atoms with Crippen LogP contribution in [0.15, 0.2) is 54.9 Å². The molecule has 3 aromatic rings. The van der Waals surface area contributed by atoms with Crippen molar-refractivity contribution in [2.24, 2.45) is 0 Å². The molecule has 1 N–H and O–H groups in total. The van der Waals surface area contributed by atoms with Gasteiger partial charge in [-0.3, -0.25) is 9.48 Å². The highest BCUT2D eigenvalue weighted by atomic mass is 35.5. The molecule has 0 spiro atoms. The number of benzene rings is 2. The minimum absolute atomic E-state index is 0.131. The highest BCUT2D eigenvalue weighted by molar-refractivity contribution is 6.31. The molecule has 0 saturated heterocycles. The topological polar surface area (TPSA) is 65.4 Å². The van der Waals surface area contributed by atoms with Crippen molar-refractivity contribution in [3.63, 3.8) is 0 Å². The van der Waals surface area contributed by atoms with Crippen molar-refractivity contribution < 1.29 is 14.3 Å². The number of nitrogens with one attached hydrogen (secondary N) is 1. The van der Waals surface area contributed by atoms with Crippen LogP contribution in [0.4, 0.5) is 5.69 Å². The summed E-state index contributed by atoms with van der Waals surface area (Å²) in [6.45, 7) is 5.45. The summed E-state index contributed by atoms with van der Waals surface area (Å²) in [5.41, 5.74) is 2.45. The van der Waals surface area contributed by atoms with Crippen molar-refractivity contribution in [3.05, 3.63) is 71.0 Å². The molecule has 0 bridgehead atoms. The Bertz CT molecular complexity index is 971. The second-order valence-electron chi connectivity index (χ2n) is 6.39. The molecule has 6 nitrogen and oxygen atoms in total. The highest BCUT2D eigenvalue weighted by Gasteiger charge is 2.11. The van der Waals surface area contributed by atoms with Gasteiger partial charge in [0.25, 0.3) is 0 Å². The molecule has 3 rings (SSSR count). The van der Waals surface area contributed by atoms with E-state index in [0.717, 1.165) is 11.1 Å². The molecule has 0 aliphatic carbocycles. The number of rotatable bonds is 9. The predicted octanol–water partition coefficient (Wildman–Crippen LogP) is 4.56. The Hall–Kier alpha value is -2.99. The van der Waals surface area contributed by atoms with E-state index in [4.69, 9.17) is 21.1 Å². The largest absolute Gasteiger partial charge is 0.490 e. The molecule has 0 aliphatic rings. The van der Waals surface area contributed by atoms with E-state index in [9.17, 15) is 4.79 Å². The summed E-state index contributed by atoms with van der Waals surface area (Å²) in [7, 11) is 0. The molecule has 0 aliphatic heterocycles. The third-order valence-corrected chi connectivity index (χ3v) is 4.55. The SMILES string of the molecule is CCOc1ccc(CC(=O)Nc2cnn(Cc3ccccc3Cl)c2)cc1OCC. The first-order chi connectivity index (χ1) is 14.1. The van der Waals surface area contributed by atoms with E-state index in [1.54, 1.807) is 17.1 Å². The van der Waals surface area contributed by atoms with E-state index in [2.05, 4.69) is 10.4 Å². The summed E-state index contributed by atoms with van der Waals surface area (Å²) in [6.07, 6.45) is 3.63. The van der Waals surface area contributed by atoms with Gasteiger partial charge in [0.05, 0.1) is 38.1 Å². The van der Waals surface area contributed by atoms with E-state index in [1.807, 2.05) is 56.3 Å². The Labute approximate surface area is 175 Å². The molecular weight excluding hydrogens is 390 g/mol. The average molecular weight is 414 g/mol. The van der Waals surface area contributed by atoms with Crippen LogP contribution in [0, 0.1) is 0 Å². The minimum Gasteiger partial charge on any atom is -0.490 e. The lowest BCUT2D eigenvalue weighted by Crippen LogP contribution is -2.14. The molecule has 2 aromatic carbocycles. The Morgan fingerprint density at radius 2 is 1.86 bits per heavy atom. The Balaban J connectivity index is 1.62. The van der Waals surface area contributed by atoms with Crippen molar-refractivity contribution in [2.45, 2.75) is 26.8 Å². The predicted molar refractivity (Wildman–Crippen MR) is 114 cm³/mol. The number of carbonyl (C=O) groups is 1. The molecule has 152 valence electrons. The van der Waals surface area contributed by atoms with Gasteiger partial charge in [-0.2, -0.15) is 5.10 Å². The van der Waals surface area contributed by atoms with Crippen LogP contribution in [0.2, 0.25) is 5.02 Å². The maximum Gasteiger partial charge on any atom is 0.228 e. The van der Waals surface area contributed by atoms with Crippen LogP contribution in [0.5, 0.6) is 11.5 Å². The zero-order chi connectivity index (χ0) is 20.6. The van der Waals surface area contributed by atoms with Crippen molar-refractivity contribution in [1.82, 2.24) is 9.78 Å². The van der Waals surface area contributed by atoms with Gasteiger partial charge in [0.2, 0.25) is 5.91 Å². The standard InChI is InChI=1S/C22H24ClN3O3/c1-3-28-20-10-9-16(11-21(20)29-4-2)12-22(27)25-18-13-24-26(15-18)14-17-7-5-6-8-19(17)23/h5-11,13,15H,3-4,12,14H2,1-2H3,(H,25,27). The monoisotopic (exact) mass is 413 g/mol. The zero-order valence-electron chi connectivity index (χ0n) is 16.5. The molecule has 7 heteroatoms. The third-order valence-electron chi connectivity index (χ3n) is 4.18. The summed E-state index contributed by atoms with van der Waals surface area (Å²) >= 11 is 6.19. The second-order valence-corrected chi connectivity index (χ2v) is 6.80. The molecule has 0 fully saturated rings. The molecule has 29 heavy (non-hydrogen) atoms. The summed E-state index contributed by atoms with van der Waals surface area (Å²) in [4.78, 5) is 12.4. The smallest absolute Gasteiger partial charge is 0.228 e. The van der Waals surface area contributed by atoms with Gasteiger partial charge in [-0.15, -0.1) is 0 Å². The van der Waals surface area contributed by atoms with Gasteiger partial charge in [-0.1, -0.05) is 35.9 Å². The van der Waals surface area contributed by atoms with E-state index in [1.165, 1.54) is 0 Å². The number of hydrogen-bond acceptors (Lipinski definition) is 4. The average Bonchev–Trinajstić information content (AvgIpc) is 3.13. The number of amides is 1. The fourth-order valence-corrected chi connectivity index (χ4v) is 3.11. The summed E-state index contributed by atoms with van der Waals surface area (Å²) in [5.74, 6) is 1.19. The zero-order valence-corrected chi connectivity index (χ0v) is 17.3. The first kappa shape index (κ1) is 20.7. The second kappa shape index (κ2) is 9.98. The number of ether oxygens (including phenoxy) is 2. The van der Waals surface area contributed by atoms with E-state index in [0.29, 0.717) is 42.0 Å². The first-order valence-electron chi connectivity index (χ1n) is 9.53. The van der Waals surface area contributed by atoms with Crippen molar-refractivity contribution in [1.29, 1.82) is 0 Å². The lowest BCUT2D eigenvalue weighted by Gasteiger charge is -2.12. The number of anilines is 1. The Morgan fingerprint density at radius 1 is 1.10 bits per heavy atom. The quantitative estimate of drug-likeness (QED) is 0.558. The number of nitrogens with zero attached hydrogens (tertiary/aromatic N) is 2. The molecule has 1 amide bonds. The van der Waals surface area contributed by atoms with E-state index in [-0.39, 0.29) is 12.3 Å². The van der Waals surface area contributed by atoms with Crippen LogP contribution in [0.25, 0.3) is 0 Å². The van der Waals surface area contributed by atoms with Crippen molar-refractivity contribution in [3.8, 4) is 11.5 Å². The van der Waals surface area contributed by atoms with E-state index < -0.39 is 0 Å². The first-order valence-corrected chi connectivity index (χ1v) is 9.91. The van der Waals surface area contributed by atoms with Gasteiger partial charge in [0.1, 0.15) is 0 Å². The fourth-order valence-electron chi connectivity index (χ4n) is 2.91. The van der Waals surface area contributed by atoms with Gasteiger partial charge < -0.3 is 14.8 Å². The van der Waals surface area contributed by atoms with Crippen molar-refractivity contribution >= 4 is 23.2 Å². The lowest BCUT2D eigenvalue weighted by atomic mass is 10.1. The number of halogens is 1. The maximum atomic E-state index is 12.4. The van der Waals surface area contributed by atoms with Gasteiger partial charge in [-0.25, -0.2) is 0 Å². The molecule has 0 saturated carbocycles. The number of aromatic nitrogens is 2. The minimum atomic E-state index is -0.131. The van der Waals surface area contributed by atoms with Crippen LogP contribution < -0.4 is 14.8 Å². The van der Waals surface area contributed by atoms with Crippen LogP contribution in [0.1, 0.15) is 25.0 Å². The molecular formula is C22H24ClN3O3.